The van der Waals surface area contributed by atoms with Crippen LogP contribution in [0.4, 0.5) is 0 Å². The molecule has 0 unspecified atom stereocenters. The van der Waals surface area contributed by atoms with Gasteiger partial charge in [-0.1, -0.05) is 50.3 Å². The molecule has 2 rings (SSSR count). The lowest BCUT2D eigenvalue weighted by molar-refractivity contribution is 0.767. The normalized spacial score (nSPS) is 10.7. The van der Waals surface area contributed by atoms with E-state index in [2.05, 4.69) is 48.5 Å². The van der Waals surface area contributed by atoms with Crippen molar-refractivity contribution in [3.05, 3.63) is 53.3 Å². The van der Waals surface area contributed by atoms with E-state index < -0.39 is 0 Å². The lowest BCUT2D eigenvalue weighted by atomic mass is 9.97. The van der Waals surface area contributed by atoms with E-state index in [-0.39, 0.29) is 0 Å². The molecule has 0 saturated heterocycles. The Morgan fingerprint density at radius 2 is 2.11 bits per heavy atom. The van der Waals surface area contributed by atoms with Crippen LogP contribution in [0.15, 0.2) is 36.7 Å². The van der Waals surface area contributed by atoms with E-state index in [0.717, 1.165) is 17.1 Å². The molecule has 0 fully saturated rings. The van der Waals surface area contributed by atoms with Crippen LogP contribution in [0.5, 0.6) is 0 Å². The Bertz CT molecular complexity index is 572. The Hall–Kier alpha value is -1.68. The molecule has 3 nitrogen and oxygen atoms in total. The van der Waals surface area contributed by atoms with Gasteiger partial charge in [-0.15, -0.1) is 0 Å². The Morgan fingerprint density at radius 1 is 1.37 bits per heavy atom. The van der Waals surface area contributed by atoms with Crippen molar-refractivity contribution >= 4 is 17.2 Å². The highest BCUT2D eigenvalue weighted by atomic mass is 32.1. The zero-order valence-corrected chi connectivity index (χ0v) is 12.4. The third kappa shape index (κ3) is 3.41. The molecule has 1 aromatic carbocycles. The number of hydrogen-bond donors (Lipinski definition) is 1. The number of thiocarbonyl (C=S) groups is 1. The van der Waals surface area contributed by atoms with Crippen LogP contribution in [0.25, 0.3) is 0 Å². The van der Waals surface area contributed by atoms with Crippen LogP contribution in [0.2, 0.25) is 0 Å². The molecule has 0 bridgehead atoms. The summed E-state index contributed by atoms with van der Waals surface area (Å²) in [7, 11) is 1.89. The Morgan fingerprint density at radius 3 is 2.74 bits per heavy atom. The minimum atomic E-state index is 0.518. The van der Waals surface area contributed by atoms with Crippen molar-refractivity contribution < 1.29 is 0 Å². The maximum Gasteiger partial charge on any atom is 0.110 e. The quantitative estimate of drug-likeness (QED) is 0.869. The van der Waals surface area contributed by atoms with E-state index in [1.54, 1.807) is 10.9 Å². The average Bonchev–Trinajstić information content (AvgIpc) is 2.83. The SMILES string of the molecule is CC(C)c1ccccc1CNC(=S)c1cnn(C)c1. The lowest BCUT2D eigenvalue weighted by Gasteiger charge is -2.13. The lowest BCUT2D eigenvalue weighted by Crippen LogP contribution is -2.22. The van der Waals surface area contributed by atoms with E-state index in [1.807, 2.05) is 13.2 Å². The van der Waals surface area contributed by atoms with Crippen LogP contribution in [0.1, 0.15) is 36.5 Å². The fraction of sp³-hybridized carbons (Fsp3) is 0.333. The number of rotatable bonds is 4. The summed E-state index contributed by atoms with van der Waals surface area (Å²) in [5, 5.41) is 7.43. The first-order valence-electron chi connectivity index (χ1n) is 6.42. The Labute approximate surface area is 119 Å². The molecule has 0 radical (unpaired) electrons. The van der Waals surface area contributed by atoms with Crippen LogP contribution >= 0.6 is 12.2 Å². The van der Waals surface area contributed by atoms with Crippen LogP contribution in [0.3, 0.4) is 0 Å². The Kier molecular flexibility index (Phi) is 4.32. The van der Waals surface area contributed by atoms with Crippen molar-refractivity contribution in [1.82, 2.24) is 15.1 Å². The second-order valence-corrected chi connectivity index (χ2v) is 5.35. The van der Waals surface area contributed by atoms with Crippen molar-refractivity contribution in [3.63, 3.8) is 0 Å². The smallest absolute Gasteiger partial charge is 0.110 e. The molecule has 0 saturated carbocycles. The standard InChI is InChI=1S/C15H19N3S/c1-11(2)14-7-5-4-6-12(14)8-16-15(19)13-9-17-18(3)10-13/h4-7,9-11H,8H2,1-3H3,(H,16,19). The molecule has 100 valence electrons. The van der Waals surface area contributed by atoms with Gasteiger partial charge in [0.1, 0.15) is 4.99 Å². The van der Waals surface area contributed by atoms with Gasteiger partial charge < -0.3 is 5.32 Å². The van der Waals surface area contributed by atoms with Crippen molar-refractivity contribution in [2.75, 3.05) is 0 Å². The van der Waals surface area contributed by atoms with Gasteiger partial charge in [-0.05, 0) is 17.0 Å². The number of aromatic nitrogens is 2. The number of hydrogen-bond acceptors (Lipinski definition) is 2. The maximum absolute atomic E-state index is 5.38. The molecule has 19 heavy (non-hydrogen) atoms. The fourth-order valence-electron chi connectivity index (χ4n) is 2.07. The number of aryl methyl sites for hydroxylation is 1. The van der Waals surface area contributed by atoms with Crippen molar-refractivity contribution in [2.45, 2.75) is 26.3 Å². The summed E-state index contributed by atoms with van der Waals surface area (Å²) in [5.41, 5.74) is 3.62. The first kappa shape index (κ1) is 13.7. The van der Waals surface area contributed by atoms with E-state index in [1.165, 1.54) is 11.1 Å². The van der Waals surface area contributed by atoms with Crippen molar-refractivity contribution in [2.24, 2.45) is 7.05 Å². The second kappa shape index (κ2) is 5.97. The average molecular weight is 273 g/mol. The van der Waals surface area contributed by atoms with Crippen LogP contribution in [-0.2, 0) is 13.6 Å². The summed E-state index contributed by atoms with van der Waals surface area (Å²) in [6, 6.07) is 8.47. The molecule has 1 N–H and O–H groups in total. The van der Waals surface area contributed by atoms with Crippen LogP contribution < -0.4 is 5.32 Å². The van der Waals surface area contributed by atoms with E-state index >= 15 is 0 Å². The molecule has 2 aromatic rings. The van der Waals surface area contributed by atoms with Crippen LogP contribution in [0, 0.1) is 0 Å². The predicted molar refractivity (Wildman–Crippen MR) is 82.3 cm³/mol. The minimum absolute atomic E-state index is 0.518. The minimum Gasteiger partial charge on any atom is -0.372 e. The van der Waals surface area contributed by atoms with E-state index in [0.29, 0.717) is 5.92 Å². The van der Waals surface area contributed by atoms with E-state index in [9.17, 15) is 0 Å². The van der Waals surface area contributed by atoms with Gasteiger partial charge in [-0.3, -0.25) is 4.68 Å². The summed E-state index contributed by atoms with van der Waals surface area (Å²) in [4.78, 5) is 0.742. The zero-order valence-electron chi connectivity index (χ0n) is 11.6. The third-order valence-electron chi connectivity index (χ3n) is 3.08. The topological polar surface area (TPSA) is 29.9 Å². The van der Waals surface area contributed by atoms with Gasteiger partial charge in [0.05, 0.1) is 6.20 Å². The molecule has 0 aliphatic carbocycles. The molecule has 0 atom stereocenters. The number of nitrogens with zero attached hydrogens (tertiary/aromatic N) is 2. The molecule has 0 spiro atoms. The first-order valence-corrected chi connectivity index (χ1v) is 6.83. The fourth-order valence-corrected chi connectivity index (χ4v) is 2.25. The molecule has 1 heterocycles. The number of benzene rings is 1. The second-order valence-electron chi connectivity index (χ2n) is 4.94. The first-order chi connectivity index (χ1) is 9.08. The van der Waals surface area contributed by atoms with Gasteiger partial charge in [0.2, 0.25) is 0 Å². The molecular formula is C15H19N3S. The predicted octanol–water partition coefficient (Wildman–Crippen LogP) is 3.01. The molecule has 0 aliphatic rings. The molecule has 0 amide bonds. The third-order valence-corrected chi connectivity index (χ3v) is 3.46. The molecule has 4 heteroatoms. The highest BCUT2D eigenvalue weighted by Gasteiger charge is 2.07. The highest BCUT2D eigenvalue weighted by Crippen LogP contribution is 2.19. The highest BCUT2D eigenvalue weighted by molar-refractivity contribution is 7.80. The van der Waals surface area contributed by atoms with Gasteiger partial charge >= 0.3 is 0 Å². The summed E-state index contributed by atoms with van der Waals surface area (Å²) in [6.45, 7) is 5.17. The molecule has 1 aromatic heterocycles. The van der Waals surface area contributed by atoms with Gasteiger partial charge in [0, 0.05) is 25.4 Å². The summed E-state index contributed by atoms with van der Waals surface area (Å²) >= 11 is 5.38. The van der Waals surface area contributed by atoms with Crippen molar-refractivity contribution in [1.29, 1.82) is 0 Å². The maximum atomic E-state index is 5.38. The molecular weight excluding hydrogens is 254 g/mol. The number of nitrogens with one attached hydrogen (secondary N) is 1. The Balaban J connectivity index is 2.05. The zero-order chi connectivity index (χ0) is 13.8. The van der Waals surface area contributed by atoms with Crippen LogP contribution in [-0.4, -0.2) is 14.8 Å². The largest absolute Gasteiger partial charge is 0.372 e. The summed E-state index contributed by atoms with van der Waals surface area (Å²) in [5.74, 6) is 0.518. The van der Waals surface area contributed by atoms with E-state index in [4.69, 9.17) is 12.2 Å². The van der Waals surface area contributed by atoms with Gasteiger partial charge in [-0.25, -0.2) is 0 Å². The summed E-state index contributed by atoms with van der Waals surface area (Å²) in [6.07, 6.45) is 3.70. The van der Waals surface area contributed by atoms with Crippen molar-refractivity contribution in [3.8, 4) is 0 Å². The monoisotopic (exact) mass is 273 g/mol. The van der Waals surface area contributed by atoms with Gasteiger partial charge in [0.25, 0.3) is 0 Å². The van der Waals surface area contributed by atoms with Gasteiger partial charge in [0.15, 0.2) is 0 Å². The molecule has 0 aliphatic heterocycles. The summed E-state index contributed by atoms with van der Waals surface area (Å²) < 4.78 is 1.76. The van der Waals surface area contributed by atoms with Gasteiger partial charge in [-0.2, -0.15) is 5.10 Å².